The first-order valence-electron chi connectivity index (χ1n) is 7.68. The van der Waals surface area contributed by atoms with Crippen molar-refractivity contribution >= 4 is 27.5 Å². The Labute approximate surface area is 148 Å². The lowest BCUT2D eigenvalue weighted by atomic mass is 10.2. The summed E-state index contributed by atoms with van der Waals surface area (Å²) in [5.41, 5.74) is 1.31. The van der Waals surface area contributed by atoms with E-state index in [-0.39, 0.29) is 6.54 Å². The Morgan fingerprint density at radius 3 is 2.64 bits per heavy atom. The molecule has 0 bridgehead atoms. The van der Waals surface area contributed by atoms with Gasteiger partial charge in [-0.2, -0.15) is 10.4 Å². The average Bonchev–Trinajstić information content (AvgIpc) is 3.06. The summed E-state index contributed by atoms with van der Waals surface area (Å²) in [4.78, 5) is 21.4. The molecule has 0 saturated carbocycles. The number of nitrogens with zero attached hydrogens (tertiary/aromatic N) is 5. The van der Waals surface area contributed by atoms with Gasteiger partial charge in [0, 0.05) is 22.8 Å². The number of thiophene rings is 1. The van der Waals surface area contributed by atoms with Crippen LogP contribution < -0.4 is 0 Å². The number of carbonyl (C=O) groups excluding carboxylic acids is 1. The van der Waals surface area contributed by atoms with Gasteiger partial charge in [0.25, 0.3) is 0 Å². The summed E-state index contributed by atoms with van der Waals surface area (Å²) in [7, 11) is 0. The van der Waals surface area contributed by atoms with E-state index in [2.05, 4.69) is 21.1 Å². The molecular formula is C17H17N5O2S. The number of carbonyl (C=O) groups is 1. The van der Waals surface area contributed by atoms with Crippen molar-refractivity contribution < 1.29 is 9.53 Å². The number of fused-ring (bicyclic) bond motifs is 1. The highest BCUT2D eigenvalue weighted by Gasteiger charge is 2.21. The minimum atomic E-state index is -0.569. The minimum absolute atomic E-state index is 0.0456. The molecule has 0 amide bonds. The maximum absolute atomic E-state index is 12.1. The molecule has 0 aliphatic heterocycles. The van der Waals surface area contributed by atoms with Crippen molar-refractivity contribution in [2.45, 2.75) is 39.8 Å². The van der Waals surface area contributed by atoms with E-state index >= 15 is 0 Å². The van der Waals surface area contributed by atoms with Crippen LogP contribution in [0.15, 0.2) is 18.5 Å². The molecule has 128 valence electrons. The zero-order valence-corrected chi connectivity index (χ0v) is 15.2. The number of ether oxygens (including phenoxy) is 1. The van der Waals surface area contributed by atoms with E-state index in [0.29, 0.717) is 11.5 Å². The summed E-state index contributed by atoms with van der Waals surface area (Å²) in [6.45, 7) is 7.20. The van der Waals surface area contributed by atoms with Gasteiger partial charge in [0.15, 0.2) is 5.69 Å². The number of aromatic nitrogens is 4. The SMILES string of the molecule is Cc1ncc(-c2cc3c(s2)c(C#N)nn3CC(=O)OC(C)(C)C)cn1. The molecule has 3 aromatic rings. The van der Waals surface area contributed by atoms with Gasteiger partial charge < -0.3 is 4.74 Å². The molecule has 0 aliphatic carbocycles. The number of esters is 1. The summed E-state index contributed by atoms with van der Waals surface area (Å²) >= 11 is 1.43. The van der Waals surface area contributed by atoms with Gasteiger partial charge in [-0.25, -0.2) is 9.97 Å². The third kappa shape index (κ3) is 3.67. The van der Waals surface area contributed by atoms with Gasteiger partial charge in [-0.3, -0.25) is 9.48 Å². The Kier molecular flexibility index (Phi) is 4.27. The fraction of sp³-hybridized carbons (Fsp3) is 0.353. The quantitative estimate of drug-likeness (QED) is 0.670. The van der Waals surface area contributed by atoms with Crippen molar-refractivity contribution in [3.05, 3.63) is 30.0 Å². The summed E-state index contributed by atoms with van der Waals surface area (Å²) in [6.07, 6.45) is 3.48. The van der Waals surface area contributed by atoms with E-state index in [1.165, 1.54) is 16.0 Å². The lowest BCUT2D eigenvalue weighted by Crippen LogP contribution is -2.26. The molecule has 3 heterocycles. The molecule has 0 spiro atoms. The molecular weight excluding hydrogens is 338 g/mol. The van der Waals surface area contributed by atoms with E-state index in [9.17, 15) is 10.1 Å². The van der Waals surface area contributed by atoms with Gasteiger partial charge >= 0.3 is 5.97 Å². The van der Waals surface area contributed by atoms with Crippen molar-refractivity contribution in [3.63, 3.8) is 0 Å². The Hall–Kier alpha value is -2.79. The monoisotopic (exact) mass is 355 g/mol. The van der Waals surface area contributed by atoms with Crippen molar-refractivity contribution in [1.29, 1.82) is 5.26 Å². The van der Waals surface area contributed by atoms with Gasteiger partial charge in [-0.1, -0.05) is 0 Å². The Bertz CT molecular complexity index is 974. The highest BCUT2D eigenvalue weighted by molar-refractivity contribution is 7.22. The number of hydrogen-bond donors (Lipinski definition) is 0. The third-order valence-electron chi connectivity index (χ3n) is 3.30. The van der Waals surface area contributed by atoms with Gasteiger partial charge in [0.05, 0.1) is 10.2 Å². The first-order valence-corrected chi connectivity index (χ1v) is 8.50. The van der Waals surface area contributed by atoms with Crippen LogP contribution in [0.3, 0.4) is 0 Å². The van der Waals surface area contributed by atoms with Crippen LogP contribution in [0.5, 0.6) is 0 Å². The first kappa shape index (κ1) is 17.0. The zero-order valence-electron chi connectivity index (χ0n) is 14.4. The zero-order chi connectivity index (χ0) is 18.2. The molecule has 8 heteroatoms. The van der Waals surface area contributed by atoms with Crippen molar-refractivity contribution in [3.8, 4) is 16.5 Å². The van der Waals surface area contributed by atoms with E-state index < -0.39 is 11.6 Å². The van der Waals surface area contributed by atoms with Crippen molar-refractivity contribution in [1.82, 2.24) is 19.7 Å². The van der Waals surface area contributed by atoms with Crippen molar-refractivity contribution in [2.75, 3.05) is 0 Å². The molecule has 0 aliphatic rings. The van der Waals surface area contributed by atoms with Crippen LogP contribution in [0, 0.1) is 18.3 Å². The molecule has 3 rings (SSSR count). The molecule has 0 unspecified atom stereocenters. The molecule has 0 saturated heterocycles. The van der Waals surface area contributed by atoms with Crippen LogP contribution in [-0.4, -0.2) is 31.3 Å². The van der Waals surface area contributed by atoms with Gasteiger partial charge in [0.2, 0.25) is 0 Å². The standard InChI is InChI=1S/C17H17N5O2S/c1-10-19-7-11(8-20-10)14-5-13-16(25-14)12(6-18)21-22(13)9-15(23)24-17(2,3)4/h5,7-8H,9H2,1-4H3. The molecule has 0 aromatic carbocycles. The molecule has 0 fully saturated rings. The Balaban J connectivity index is 1.98. The number of aryl methyl sites for hydroxylation is 1. The lowest BCUT2D eigenvalue weighted by molar-refractivity contribution is -0.155. The van der Waals surface area contributed by atoms with E-state index in [1.54, 1.807) is 12.4 Å². The van der Waals surface area contributed by atoms with Gasteiger partial charge in [-0.05, 0) is 33.8 Å². The predicted octanol–water partition coefficient (Wildman–Crippen LogP) is 3.08. The van der Waals surface area contributed by atoms with Crippen LogP contribution in [0.4, 0.5) is 0 Å². The topological polar surface area (TPSA) is 93.7 Å². The van der Waals surface area contributed by atoms with E-state index in [0.717, 1.165) is 20.7 Å². The molecule has 25 heavy (non-hydrogen) atoms. The number of rotatable bonds is 3. The average molecular weight is 355 g/mol. The fourth-order valence-electron chi connectivity index (χ4n) is 2.31. The largest absolute Gasteiger partial charge is 0.459 e. The number of hydrogen-bond acceptors (Lipinski definition) is 7. The highest BCUT2D eigenvalue weighted by atomic mass is 32.1. The fourth-order valence-corrected chi connectivity index (χ4v) is 3.38. The maximum atomic E-state index is 12.1. The second-order valence-corrected chi connectivity index (χ2v) is 7.60. The van der Waals surface area contributed by atoms with Crippen LogP contribution in [0.25, 0.3) is 20.7 Å². The summed E-state index contributed by atoms with van der Waals surface area (Å²) in [5, 5.41) is 13.5. The lowest BCUT2D eigenvalue weighted by Gasteiger charge is -2.19. The predicted molar refractivity (Wildman–Crippen MR) is 93.9 cm³/mol. The summed E-state index contributed by atoms with van der Waals surface area (Å²) < 4.78 is 7.59. The van der Waals surface area contributed by atoms with E-state index in [1.807, 2.05) is 33.8 Å². The Morgan fingerprint density at radius 1 is 1.36 bits per heavy atom. The Morgan fingerprint density at radius 2 is 2.04 bits per heavy atom. The minimum Gasteiger partial charge on any atom is -0.459 e. The summed E-state index contributed by atoms with van der Waals surface area (Å²) in [6, 6.07) is 3.98. The molecule has 3 aromatic heterocycles. The number of nitriles is 1. The van der Waals surface area contributed by atoms with Crippen LogP contribution in [0.1, 0.15) is 32.3 Å². The van der Waals surface area contributed by atoms with Gasteiger partial charge in [-0.15, -0.1) is 11.3 Å². The third-order valence-corrected chi connectivity index (χ3v) is 4.48. The maximum Gasteiger partial charge on any atom is 0.328 e. The van der Waals surface area contributed by atoms with Crippen LogP contribution in [0.2, 0.25) is 0 Å². The first-order chi connectivity index (χ1) is 11.8. The second-order valence-electron chi connectivity index (χ2n) is 6.55. The van der Waals surface area contributed by atoms with E-state index in [4.69, 9.17) is 4.74 Å². The van der Waals surface area contributed by atoms with Crippen molar-refractivity contribution in [2.24, 2.45) is 0 Å². The van der Waals surface area contributed by atoms with Crippen LogP contribution >= 0.6 is 11.3 Å². The van der Waals surface area contributed by atoms with Crippen LogP contribution in [-0.2, 0) is 16.1 Å². The van der Waals surface area contributed by atoms with Gasteiger partial charge in [0.1, 0.15) is 24.0 Å². The second kappa shape index (κ2) is 6.26. The molecule has 0 radical (unpaired) electrons. The molecule has 0 atom stereocenters. The summed E-state index contributed by atoms with van der Waals surface area (Å²) in [5.74, 6) is 0.298. The molecule has 0 N–H and O–H groups in total. The smallest absolute Gasteiger partial charge is 0.328 e. The normalized spacial score (nSPS) is 11.5. The highest BCUT2D eigenvalue weighted by Crippen LogP contribution is 2.35. The molecule has 7 nitrogen and oxygen atoms in total.